The normalized spacial score (nSPS) is 13.1. The maximum absolute atomic E-state index is 13.0. The van der Waals surface area contributed by atoms with Gasteiger partial charge in [0, 0.05) is 34.7 Å². The van der Waals surface area contributed by atoms with E-state index in [1.54, 1.807) is 0 Å². The number of hydrogen-bond donors (Lipinski definition) is 8. The topological polar surface area (TPSA) is 284 Å². The lowest BCUT2D eigenvalue weighted by atomic mass is 9.90. The van der Waals surface area contributed by atoms with Gasteiger partial charge < -0.3 is 49.7 Å². The van der Waals surface area contributed by atoms with Crippen molar-refractivity contribution in [2.45, 2.75) is 24.3 Å². The van der Waals surface area contributed by atoms with Crippen molar-refractivity contribution in [2.75, 3.05) is 6.54 Å². The number of aliphatic hydroxyl groups is 2. The Morgan fingerprint density at radius 2 is 1.69 bits per heavy atom. The van der Waals surface area contributed by atoms with Gasteiger partial charge in [-0.15, -0.1) is 5.75 Å². The number of carbonyl (C=O) groups excluding carboxylic acids is 1. The number of nitrogens with zero attached hydrogens (tertiary/aromatic N) is 2. The Morgan fingerprint density at radius 1 is 1.00 bits per heavy atom. The molecule has 0 saturated carbocycles. The first-order chi connectivity index (χ1) is 22.4. The third kappa shape index (κ3) is 6.80. The van der Waals surface area contributed by atoms with Gasteiger partial charge in [-0.2, -0.15) is 0 Å². The summed E-state index contributed by atoms with van der Waals surface area (Å²) < 4.78 is 31.2. The number of nitrogens with one attached hydrogen (secondary N) is 1. The monoisotopic (exact) mass is 703 g/mol. The molecule has 8 N–H and O–H groups in total. The van der Waals surface area contributed by atoms with Gasteiger partial charge in [0.15, 0.2) is 5.43 Å². The highest BCUT2D eigenvalue weighted by atomic mass is 31.2. The number of imidazole rings is 1. The Labute approximate surface area is 269 Å². The zero-order valence-electron chi connectivity index (χ0n) is 24.4. The van der Waals surface area contributed by atoms with Crippen LogP contribution in [0.25, 0.3) is 33.4 Å². The minimum Gasteiger partial charge on any atom is -0.872 e. The van der Waals surface area contributed by atoms with Crippen LogP contribution >= 0.6 is 15.2 Å². The average Bonchev–Trinajstić information content (AvgIpc) is 3.43. The maximum Gasteiger partial charge on any atom is 0.373 e. The third-order valence-corrected chi connectivity index (χ3v) is 11.2. The fraction of sp³-hybridized carbons (Fsp3) is 0.172. The summed E-state index contributed by atoms with van der Waals surface area (Å²) in [5.74, 6) is -2.38. The van der Waals surface area contributed by atoms with Gasteiger partial charge >= 0.3 is 26.2 Å². The maximum atomic E-state index is 13.0. The molecule has 0 fully saturated rings. The van der Waals surface area contributed by atoms with Gasteiger partial charge in [0.05, 0.1) is 5.56 Å². The molecule has 48 heavy (non-hydrogen) atoms. The lowest BCUT2D eigenvalue weighted by Crippen LogP contribution is -2.46. The van der Waals surface area contributed by atoms with E-state index < -0.39 is 44.8 Å². The van der Waals surface area contributed by atoms with Crippen LogP contribution in [0.15, 0.2) is 82.5 Å². The molecule has 1 aromatic heterocycles. The highest BCUT2D eigenvalue weighted by Crippen LogP contribution is 2.67. The number of aromatic nitrogens is 2. The molecule has 19 heteroatoms. The second-order valence-electron chi connectivity index (χ2n) is 10.9. The van der Waals surface area contributed by atoms with E-state index in [1.807, 2.05) is 0 Å². The molecule has 0 saturated heterocycles. The molecule has 2 heterocycles. The number of amides is 1. The van der Waals surface area contributed by atoms with Crippen molar-refractivity contribution in [3.05, 3.63) is 94.7 Å². The molecule has 2 aliphatic rings. The SMILES string of the molecule is O=C(NCC(O)Cn1cc[n+](CC(O)(P(=O)(O)O)P(=O)(O)O)c1)c1ccc(-c2c3ccc(=O)cc-3oc3cc([O-])ccc23)c(C(=O)O)c1. The van der Waals surface area contributed by atoms with Crippen LogP contribution in [-0.4, -0.2) is 69.1 Å². The van der Waals surface area contributed by atoms with Crippen LogP contribution in [0, 0.1) is 0 Å². The van der Waals surface area contributed by atoms with Crippen LogP contribution < -0.4 is 20.4 Å². The summed E-state index contributed by atoms with van der Waals surface area (Å²) in [7, 11) is -11.4. The lowest BCUT2D eigenvalue weighted by molar-refractivity contribution is -0.703. The van der Waals surface area contributed by atoms with E-state index in [9.17, 15) is 63.5 Å². The summed E-state index contributed by atoms with van der Waals surface area (Å²) in [6, 6.07) is 11.8. The summed E-state index contributed by atoms with van der Waals surface area (Å²) >= 11 is 0. The van der Waals surface area contributed by atoms with Crippen molar-refractivity contribution >= 4 is 38.0 Å². The van der Waals surface area contributed by atoms with Gasteiger partial charge in [0.25, 0.3) is 5.91 Å². The van der Waals surface area contributed by atoms with Crippen LogP contribution in [0.2, 0.25) is 0 Å². The second-order valence-corrected chi connectivity index (χ2v) is 14.9. The quantitative estimate of drug-likeness (QED) is 0.0519. The highest BCUT2D eigenvalue weighted by molar-refractivity contribution is 7.72. The fourth-order valence-electron chi connectivity index (χ4n) is 5.08. The largest absolute Gasteiger partial charge is 0.872 e. The molecule has 1 unspecified atom stereocenters. The molecule has 252 valence electrons. The van der Waals surface area contributed by atoms with Crippen molar-refractivity contribution in [1.82, 2.24) is 9.88 Å². The molecular formula is C29H27N3O14P2. The van der Waals surface area contributed by atoms with E-state index in [4.69, 9.17) is 4.42 Å². The highest BCUT2D eigenvalue weighted by Gasteiger charge is 2.61. The van der Waals surface area contributed by atoms with E-state index in [2.05, 4.69) is 5.32 Å². The number of aromatic carboxylic acids is 1. The van der Waals surface area contributed by atoms with Crippen molar-refractivity contribution in [3.63, 3.8) is 0 Å². The van der Waals surface area contributed by atoms with E-state index in [0.29, 0.717) is 16.5 Å². The number of fused-ring (bicyclic) bond motifs is 2. The Hall–Kier alpha value is -4.70. The summed E-state index contributed by atoms with van der Waals surface area (Å²) in [5.41, 5.74) is 0.317. The minimum absolute atomic E-state index is 0.0748. The van der Waals surface area contributed by atoms with Gasteiger partial charge in [-0.05, 0) is 35.9 Å². The predicted molar refractivity (Wildman–Crippen MR) is 163 cm³/mol. The second kappa shape index (κ2) is 12.7. The molecule has 0 spiro atoms. The molecule has 0 radical (unpaired) electrons. The smallest absolute Gasteiger partial charge is 0.373 e. The Morgan fingerprint density at radius 3 is 2.35 bits per heavy atom. The van der Waals surface area contributed by atoms with Crippen LogP contribution in [-0.2, 0) is 22.2 Å². The zero-order chi connectivity index (χ0) is 35.2. The summed E-state index contributed by atoms with van der Waals surface area (Å²) in [6.45, 7) is -1.74. The molecule has 3 aromatic rings. The standard InChI is InChI=1S/C29H27N3O14P2/c33-17-2-5-21-24(10-17)46-25-11-18(34)3-6-22(25)26(21)20-4-1-16(9-23(20)28(37)38)27(36)30-12-19(35)13-31-7-8-32(15-31)14-29(39,47(40,41)42)48(43,44)45/h1-11,15,19,35,39H,12-14H2,(H6-,30,33,34,36,37,38,40,41,42,43,44,45). The van der Waals surface area contributed by atoms with E-state index >= 15 is 0 Å². The summed E-state index contributed by atoms with van der Waals surface area (Å²) in [4.78, 5) is 74.8. The lowest BCUT2D eigenvalue weighted by Gasteiger charge is -2.27. The number of carbonyl (C=O) groups is 2. The Bertz CT molecular complexity index is 2160. The predicted octanol–water partition coefficient (Wildman–Crippen LogP) is 0.218. The summed E-state index contributed by atoms with van der Waals surface area (Å²) in [6.07, 6.45) is 2.27. The Balaban J connectivity index is 1.35. The number of aliphatic hydroxyl groups excluding tert-OH is 1. The van der Waals surface area contributed by atoms with Gasteiger partial charge in [-0.3, -0.25) is 18.7 Å². The third-order valence-electron chi connectivity index (χ3n) is 7.44. The summed E-state index contributed by atoms with van der Waals surface area (Å²) in [5, 5.41) is 41.9. The van der Waals surface area contributed by atoms with Gasteiger partial charge in [-0.25, -0.2) is 13.9 Å². The van der Waals surface area contributed by atoms with Crippen LogP contribution in [0.3, 0.4) is 0 Å². The number of benzene rings is 3. The first-order valence-electron chi connectivity index (χ1n) is 13.8. The number of carboxylic acids is 1. The molecule has 17 nitrogen and oxygen atoms in total. The van der Waals surface area contributed by atoms with Crippen LogP contribution in [0.5, 0.6) is 5.75 Å². The first-order valence-corrected chi connectivity index (χ1v) is 17.0. The first kappa shape index (κ1) is 34.6. The minimum atomic E-state index is -5.70. The number of rotatable bonds is 11. The van der Waals surface area contributed by atoms with Gasteiger partial charge in [0.1, 0.15) is 42.9 Å². The van der Waals surface area contributed by atoms with E-state index in [1.165, 1.54) is 59.3 Å². The fourth-order valence-corrected chi connectivity index (χ4v) is 7.13. The van der Waals surface area contributed by atoms with Crippen molar-refractivity contribution in [1.29, 1.82) is 0 Å². The molecule has 1 aliphatic heterocycles. The van der Waals surface area contributed by atoms with Crippen molar-refractivity contribution in [3.8, 4) is 28.2 Å². The van der Waals surface area contributed by atoms with Crippen molar-refractivity contribution in [2.24, 2.45) is 0 Å². The van der Waals surface area contributed by atoms with E-state index in [-0.39, 0.29) is 52.3 Å². The number of carboxylic acid groups (broad SMARTS) is 1. The molecular weight excluding hydrogens is 676 g/mol. The van der Waals surface area contributed by atoms with Gasteiger partial charge in [-0.1, -0.05) is 18.2 Å². The Kier molecular flexibility index (Phi) is 9.18. The van der Waals surface area contributed by atoms with Crippen molar-refractivity contribution < 1.29 is 67.7 Å². The molecule has 1 atom stereocenters. The molecule has 0 bridgehead atoms. The number of hydrogen-bond acceptors (Lipinski definition) is 9. The van der Waals surface area contributed by atoms with E-state index in [0.717, 1.165) is 23.2 Å². The van der Waals surface area contributed by atoms with Crippen LogP contribution in [0.1, 0.15) is 20.7 Å². The molecule has 2 aromatic carbocycles. The van der Waals surface area contributed by atoms with Crippen LogP contribution in [0.4, 0.5) is 0 Å². The molecule has 1 aliphatic carbocycles. The zero-order valence-corrected chi connectivity index (χ0v) is 26.2. The molecule has 1 amide bonds. The van der Waals surface area contributed by atoms with Gasteiger partial charge in [0.2, 0.25) is 6.33 Å². The molecule has 5 rings (SSSR count). The average molecular weight is 703 g/mol.